The van der Waals surface area contributed by atoms with Crippen LogP contribution in [0, 0.1) is 0 Å². The largest absolute Gasteiger partial charge is 0.340 e. The van der Waals surface area contributed by atoms with Gasteiger partial charge in [0.15, 0.2) is 5.78 Å². The van der Waals surface area contributed by atoms with Crippen molar-refractivity contribution in [3.63, 3.8) is 0 Å². The van der Waals surface area contributed by atoms with Crippen molar-refractivity contribution < 1.29 is 9.59 Å². The highest BCUT2D eigenvalue weighted by atomic mass is 16.2. The van der Waals surface area contributed by atoms with Crippen LogP contribution < -0.4 is 0 Å². The van der Waals surface area contributed by atoms with E-state index < -0.39 is 0 Å². The summed E-state index contributed by atoms with van der Waals surface area (Å²) in [6, 6.07) is 24.1. The highest BCUT2D eigenvalue weighted by Crippen LogP contribution is 2.20. The van der Waals surface area contributed by atoms with Crippen molar-refractivity contribution >= 4 is 22.5 Å². The number of ketones is 1. The number of carbonyl (C=O) groups excluding carboxylic acids is 2. The van der Waals surface area contributed by atoms with Crippen LogP contribution in [0.4, 0.5) is 0 Å². The summed E-state index contributed by atoms with van der Waals surface area (Å²) in [6.07, 6.45) is 0.566. The van der Waals surface area contributed by atoms with Gasteiger partial charge in [0.2, 0.25) is 5.91 Å². The van der Waals surface area contributed by atoms with Crippen molar-refractivity contribution in [2.24, 2.45) is 0 Å². The van der Waals surface area contributed by atoms with Gasteiger partial charge >= 0.3 is 0 Å². The van der Waals surface area contributed by atoms with E-state index in [-0.39, 0.29) is 24.5 Å². The van der Waals surface area contributed by atoms with Gasteiger partial charge in [0, 0.05) is 51.1 Å². The second-order valence-electron chi connectivity index (χ2n) is 7.58. The predicted octanol–water partition coefficient (Wildman–Crippen LogP) is 4.15. The summed E-state index contributed by atoms with van der Waals surface area (Å²) in [6.45, 7) is 4.07. The van der Waals surface area contributed by atoms with E-state index in [0.717, 1.165) is 32.7 Å². The maximum absolute atomic E-state index is 12.5. The summed E-state index contributed by atoms with van der Waals surface area (Å²) in [5, 5.41) is 2.56. The zero-order valence-electron chi connectivity index (χ0n) is 16.6. The van der Waals surface area contributed by atoms with Crippen LogP contribution in [-0.2, 0) is 11.3 Å². The molecule has 1 aliphatic heterocycles. The van der Waals surface area contributed by atoms with Crippen LogP contribution in [0.15, 0.2) is 72.8 Å². The molecule has 0 spiro atoms. The number of rotatable bonds is 6. The predicted molar refractivity (Wildman–Crippen MR) is 116 cm³/mol. The zero-order valence-corrected chi connectivity index (χ0v) is 16.6. The van der Waals surface area contributed by atoms with Crippen molar-refractivity contribution in [3.05, 3.63) is 83.9 Å². The molecular weight excluding hydrogens is 360 g/mol. The average Bonchev–Trinajstić information content (AvgIpc) is 2.78. The number of hydrogen-bond acceptors (Lipinski definition) is 3. The highest BCUT2D eigenvalue weighted by Gasteiger charge is 2.22. The Morgan fingerprint density at radius 1 is 0.724 bits per heavy atom. The Kier molecular flexibility index (Phi) is 6.01. The third-order valence-electron chi connectivity index (χ3n) is 5.66. The molecule has 29 heavy (non-hydrogen) atoms. The molecule has 4 rings (SSSR count). The maximum Gasteiger partial charge on any atom is 0.223 e. The smallest absolute Gasteiger partial charge is 0.223 e. The van der Waals surface area contributed by atoms with Gasteiger partial charge in [-0.2, -0.15) is 0 Å². The minimum absolute atomic E-state index is 0.0357. The molecule has 3 aromatic rings. The molecule has 0 bridgehead atoms. The Balaban J connectivity index is 1.28. The fraction of sp³-hybridized carbons (Fsp3) is 0.280. The summed E-state index contributed by atoms with van der Waals surface area (Å²) < 4.78 is 0. The first-order chi connectivity index (χ1) is 14.2. The lowest BCUT2D eigenvalue weighted by Crippen LogP contribution is -2.48. The quantitative estimate of drug-likeness (QED) is 0.598. The summed E-state index contributed by atoms with van der Waals surface area (Å²) in [7, 11) is 0. The molecule has 0 N–H and O–H groups in total. The van der Waals surface area contributed by atoms with E-state index >= 15 is 0 Å². The molecule has 0 unspecified atom stereocenters. The topological polar surface area (TPSA) is 40.6 Å². The summed E-state index contributed by atoms with van der Waals surface area (Å²) in [5.41, 5.74) is 2.01. The Morgan fingerprint density at radius 3 is 2.21 bits per heavy atom. The molecule has 1 heterocycles. The van der Waals surface area contributed by atoms with Gasteiger partial charge in [-0.15, -0.1) is 0 Å². The van der Waals surface area contributed by atoms with Crippen LogP contribution in [0.1, 0.15) is 28.8 Å². The van der Waals surface area contributed by atoms with Crippen LogP contribution in [0.3, 0.4) is 0 Å². The number of carbonyl (C=O) groups is 2. The van der Waals surface area contributed by atoms with Crippen molar-refractivity contribution in [1.82, 2.24) is 9.80 Å². The summed E-state index contributed by atoms with van der Waals surface area (Å²) >= 11 is 0. The molecule has 1 amide bonds. The van der Waals surface area contributed by atoms with Gasteiger partial charge in [0.1, 0.15) is 0 Å². The Labute approximate surface area is 171 Å². The number of amides is 1. The van der Waals surface area contributed by atoms with Gasteiger partial charge < -0.3 is 4.90 Å². The first-order valence-electron chi connectivity index (χ1n) is 10.3. The Morgan fingerprint density at radius 2 is 1.41 bits per heavy atom. The minimum Gasteiger partial charge on any atom is -0.340 e. The van der Waals surface area contributed by atoms with Crippen LogP contribution in [0.5, 0.6) is 0 Å². The van der Waals surface area contributed by atoms with E-state index in [0.29, 0.717) is 5.56 Å². The number of fused-ring (bicyclic) bond motifs is 1. The van der Waals surface area contributed by atoms with Crippen molar-refractivity contribution in [3.8, 4) is 0 Å². The number of Topliss-reactive ketones (excluding diaryl/α,β-unsaturated/α-hetero) is 1. The van der Waals surface area contributed by atoms with E-state index in [1.165, 1.54) is 16.3 Å². The lowest BCUT2D eigenvalue weighted by atomic mass is 10.0. The third kappa shape index (κ3) is 4.72. The zero-order chi connectivity index (χ0) is 20.1. The number of nitrogens with zero attached hydrogens (tertiary/aromatic N) is 2. The van der Waals surface area contributed by atoms with Crippen molar-refractivity contribution in [2.45, 2.75) is 19.4 Å². The molecule has 1 aliphatic rings. The monoisotopic (exact) mass is 386 g/mol. The first kappa shape index (κ1) is 19.3. The number of hydrogen-bond donors (Lipinski definition) is 0. The Hall–Kier alpha value is -2.98. The minimum atomic E-state index is 0.0357. The highest BCUT2D eigenvalue weighted by molar-refractivity contribution is 5.97. The molecule has 1 saturated heterocycles. The molecule has 0 aliphatic carbocycles. The van der Waals surface area contributed by atoms with E-state index in [1.54, 1.807) is 12.1 Å². The molecule has 4 nitrogen and oxygen atoms in total. The van der Waals surface area contributed by atoms with Crippen LogP contribution in [0.2, 0.25) is 0 Å². The normalized spacial score (nSPS) is 14.8. The molecule has 0 aromatic heterocycles. The fourth-order valence-electron chi connectivity index (χ4n) is 3.97. The summed E-state index contributed by atoms with van der Waals surface area (Å²) in [4.78, 5) is 29.0. The van der Waals surface area contributed by atoms with Gasteiger partial charge in [0.05, 0.1) is 0 Å². The van der Waals surface area contributed by atoms with Crippen LogP contribution in [-0.4, -0.2) is 47.7 Å². The van der Waals surface area contributed by atoms with Gasteiger partial charge in [-0.05, 0) is 16.3 Å². The molecule has 1 fully saturated rings. The lowest BCUT2D eigenvalue weighted by molar-refractivity contribution is -0.132. The average molecular weight is 386 g/mol. The maximum atomic E-state index is 12.5. The molecule has 0 radical (unpaired) electrons. The van der Waals surface area contributed by atoms with E-state index in [9.17, 15) is 9.59 Å². The second kappa shape index (κ2) is 9.01. The van der Waals surface area contributed by atoms with E-state index in [2.05, 4.69) is 47.4 Å². The van der Waals surface area contributed by atoms with E-state index in [4.69, 9.17) is 0 Å². The van der Waals surface area contributed by atoms with Crippen molar-refractivity contribution in [1.29, 1.82) is 0 Å². The molecular formula is C25H26N2O2. The van der Waals surface area contributed by atoms with Gasteiger partial charge in [-0.1, -0.05) is 72.8 Å². The Bertz CT molecular complexity index is 987. The number of benzene rings is 3. The molecule has 0 atom stereocenters. The molecule has 148 valence electrons. The standard InChI is InChI=1S/C25H26N2O2/c28-24(21-8-2-1-3-9-21)13-14-25(29)27-17-15-26(16-18-27)19-22-11-6-10-20-7-4-5-12-23(20)22/h1-12H,13-19H2. The molecule has 0 saturated carbocycles. The van der Waals surface area contributed by atoms with Gasteiger partial charge in [-0.25, -0.2) is 0 Å². The first-order valence-corrected chi connectivity index (χ1v) is 10.3. The fourth-order valence-corrected chi connectivity index (χ4v) is 3.97. The number of piperazine rings is 1. The SMILES string of the molecule is O=C(CCC(=O)N1CCN(Cc2cccc3ccccc23)CC1)c1ccccc1. The second-order valence-corrected chi connectivity index (χ2v) is 7.58. The van der Waals surface area contributed by atoms with Crippen LogP contribution >= 0.6 is 0 Å². The third-order valence-corrected chi connectivity index (χ3v) is 5.66. The molecule has 3 aromatic carbocycles. The van der Waals surface area contributed by atoms with E-state index in [1.807, 2.05) is 23.1 Å². The van der Waals surface area contributed by atoms with Gasteiger partial charge in [0.25, 0.3) is 0 Å². The molecule has 4 heteroatoms. The van der Waals surface area contributed by atoms with Gasteiger partial charge in [-0.3, -0.25) is 14.5 Å². The lowest BCUT2D eigenvalue weighted by Gasteiger charge is -2.35. The van der Waals surface area contributed by atoms with Crippen LogP contribution in [0.25, 0.3) is 10.8 Å². The summed E-state index contributed by atoms with van der Waals surface area (Å²) in [5.74, 6) is 0.118. The van der Waals surface area contributed by atoms with Crippen molar-refractivity contribution in [2.75, 3.05) is 26.2 Å².